The Kier molecular flexibility index (Phi) is 4.42. The van der Waals surface area contributed by atoms with E-state index in [9.17, 15) is 0 Å². The molecule has 1 aromatic heterocycles. The summed E-state index contributed by atoms with van der Waals surface area (Å²) in [6, 6.07) is 4.52. The fourth-order valence-electron chi connectivity index (χ4n) is 2.28. The van der Waals surface area contributed by atoms with Gasteiger partial charge < -0.3 is 15.1 Å². The highest BCUT2D eigenvalue weighted by atomic mass is 32.1. The van der Waals surface area contributed by atoms with Crippen LogP contribution in [0.25, 0.3) is 0 Å². The van der Waals surface area contributed by atoms with Crippen molar-refractivity contribution in [3.63, 3.8) is 0 Å². The van der Waals surface area contributed by atoms with Crippen LogP contribution in [0.4, 0.5) is 0 Å². The molecule has 0 amide bonds. The van der Waals surface area contributed by atoms with Crippen LogP contribution >= 0.6 is 12.2 Å². The van der Waals surface area contributed by atoms with Crippen molar-refractivity contribution >= 4 is 17.3 Å². The first-order valence-electron chi connectivity index (χ1n) is 6.36. The first-order valence-corrected chi connectivity index (χ1v) is 6.77. The van der Waals surface area contributed by atoms with Gasteiger partial charge in [0.2, 0.25) is 0 Å². The van der Waals surface area contributed by atoms with Crippen molar-refractivity contribution in [1.29, 1.82) is 0 Å². The standard InChI is InChI=1S/C13H20N2OS/c1-10(12-8-5-9-16-12)14-13(17)15-11-6-3-2-4-7-11/h5,8-11H,2-4,6-7H2,1H3,(H2,14,15,17). The second-order valence-corrected chi connectivity index (χ2v) is 5.10. The second-order valence-electron chi connectivity index (χ2n) is 4.69. The lowest BCUT2D eigenvalue weighted by molar-refractivity contribution is 0.407. The molecule has 2 N–H and O–H groups in total. The van der Waals surface area contributed by atoms with Crippen LogP contribution in [0.5, 0.6) is 0 Å². The van der Waals surface area contributed by atoms with Crippen LogP contribution < -0.4 is 10.6 Å². The lowest BCUT2D eigenvalue weighted by atomic mass is 9.96. The predicted molar refractivity (Wildman–Crippen MR) is 72.9 cm³/mol. The lowest BCUT2D eigenvalue weighted by Gasteiger charge is -2.25. The largest absolute Gasteiger partial charge is 0.467 e. The summed E-state index contributed by atoms with van der Waals surface area (Å²) in [6.45, 7) is 2.05. The van der Waals surface area contributed by atoms with Crippen molar-refractivity contribution in [2.24, 2.45) is 0 Å². The van der Waals surface area contributed by atoms with Crippen LogP contribution in [0.2, 0.25) is 0 Å². The van der Waals surface area contributed by atoms with Crippen molar-refractivity contribution in [3.05, 3.63) is 24.2 Å². The third-order valence-corrected chi connectivity index (χ3v) is 3.49. The molecule has 94 valence electrons. The van der Waals surface area contributed by atoms with Gasteiger partial charge in [-0.3, -0.25) is 0 Å². The third kappa shape index (κ3) is 3.73. The van der Waals surface area contributed by atoms with Gasteiger partial charge >= 0.3 is 0 Å². The van der Waals surface area contributed by atoms with Gasteiger partial charge in [0.15, 0.2) is 5.11 Å². The number of rotatable bonds is 3. The Morgan fingerprint density at radius 3 is 2.82 bits per heavy atom. The lowest BCUT2D eigenvalue weighted by Crippen LogP contribution is -2.43. The quantitative estimate of drug-likeness (QED) is 0.810. The van der Waals surface area contributed by atoms with Crippen molar-refractivity contribution in [2.45, 2.75) is 51.1 Å². The number of thiocarbonyl (C=S) groups is 1. The van der Waals surface area contributed by atoms with E-state index < -0.39 is 0 Å². The molecule has 0 spiro atoms. The average Bonchev–Trinajstić information content (AvgIpc) is 2.83. The molecule has 1 unspecified atom stereocenters. The van der Waals surface area contributed by atoms with Gasteiger partial charge in [-0.25, -0.2) is 0 Å². The predicted octanol–water partition coefficient (Wildman–Crippen LogP) is 3.14. The monoisotopic (exact) mass is 252 g/mol. The van der Waals surface area contributed by atoms with Gasteiger partial charge in [-0.1, -0.05) is 19.3 Å². The second kappa shape index (κ2) is 6.05. The normalized spacial score (nSPS) is 18.6. The van der Waals surface area contributed by atoms with Crippen molar-refractivity contribution in [1.82, 2.24) is 10.6 Å². The Balaban J connectivity index is 1.76. The Morgan fingerprint density at radius 1 is 1.41 bits per heavy atom. The molecule has 0 bridgehead atoms. The molecule has 0 saturated heterocycles. The van der Waals surface area contributed by atoms with Gasteiger partial charge in [-0.2, -0.15) is 0 Å². The summed E-state index contributed by atoms with van der Waals surface area (Å²) in [6.07, 6.45) is 8.14. The van der Waals surface area contributed by atoms with Crippen LogP contribution in [0.3, 0.4) is 0 Å². The van der Waals surface area contributed by atoms with Crippen LogP contribution in [0.1, 0.15) is 50.8 Å². The summed E-state index contributed by atoms with van der Waals surface area (Å²) >= 11 is 5.32. The van der Waals surface area contributed by atoms with Gasteiger partial charge in [0.25, 0.3) is 0 Å². The van der Waals surface area contributed by atoms with E-state index in [1.54, 1.807) is 6.26 Å². The van der Waals surface area contributed by atoms with Crippen LogP contribution in [0.15, 0.2) is 22.8 Å². The summed E-state index contributed by atoms with van der Waals surface area (Å²) in [5.74, 6) is 0.915. The van der Waals surface area contributed by atoms with E-state index in [2.05, 4.69) is 10.6 Å². The molecular formula is C13H20N2OS. The van der Waals surface area contributed by atoms with E-state index in [0.29, 0.717) is 6.04 Å². The summed E-state index contributed by atoms with van der Waals surface area (Å²) in [5, 5.41) is 7.38. The molecule has 4 heteroatoms. The Bertz CT molecular complexity index is 344. The van der Waals surface area contributed by atoms with E-state index >= 15 is 0 Å². The van der Waals surface area contributed by atoms with Gasteiger partial charge in [0.05, 0.1) is 12.3 Å². The summed E-state index contributed by atoms with van der Waals surface area (Å²) in [5.41, 5.74) is 0. The number of hydrogen-bond acceptors (Lipinski definition) is 2. The van der Waals surface area contributed by atoms with E-state index in [1.807, 2.05) is 19.1 Å². The zero-order valence-corrected chi connectivity index (χ0v) is 11.1. The SMILES string of the molecule is CC(NC(=S)NC1CCCCC1)c1ccco1. The Hall–Kier alpha value is -1.03. The van der Waals surface area contributed by atoms with Crippen molar-refractivity contribution in [2.75, 3.05) is 0 Å². The van der Waals surface area contributed by atoms with Gasteiger partial charge in [0.1, 0.15) is 5.76 Å². The highest BCUT2D eigenvalue weighted by Crippen LogP contribution is 2.17. The molecule has 17 heavy (non-hydrogen) atoms. The topological polar surface area (TPSA) is 37.2 Å². The molecular weight excluding hydrogens is 232 g/mol. The number of hydrogen-bond donors (Lipinski definition) is 2. The smallest absolute Gasteiger partial charge is 0.167 e. The van der Waals surface area contributed by atoms with E-state index in [0.717, 1.165) is 10.9 Å². The molecule has 0 radical (unpaired) electrons. The summed E-state index contributed by atoms with van der Waals surface area (Å²) < 4.78 is 5.34. The summed E-state index contributed by atoms with van der Waals surface area (Å²) in [7, 11) is 0. The molecule has 1 aliphatic rings. The molecule has 1 atom stereocenters. The maximum atomic E-state index is 5.34. The maximum absolute atomic E-state index is 5.34. The van der Waals surface area contributed by atoms with E-state index in [1.165, 1.54) is 32.1 Å². The third-order valence-electron chi connectivity index (χ3n) is 3.26. The fourth-order valence-corrected chi connectivity index (χ4v) is 2.62. The van der Waals surface area contributed by atoms with E-state index in [-0.39, 0.29) is 6.04 Å². The molecule has 1 saturated carbocycles. The fraction of sp³-hybridized carbons (Fsp3) is 0.615. The zero-order valence-electron chi connectivity index (χ0n) is 10.2. The molecule has 2 rings (SSSR count). The van der Waals surface area contributed by atoms with Crippen LogP contribution in [0, 0.1) is 0 Å². The minimum Gasteiger partial charge on any atom is -0.467 e. The summed E-state index contributed by atoms with van der Waals surface area (Å²) in [4.78, 5) is 0. The molecule has 1 aromatic rings. The highest BCUT2D eigenvalue weighted by molar-refractivity contribution is 7.80. The Morgan fingerprint density at radius 2 is 2.18 bits per heavy atom. The minimum absolute atomic E-state index is 0.119. The molecule has 3 nitrogen and oxygen atoms in total. The zero-order chi connectivity index (χ0) is 12.1. The number of furan rings is 1. The van der Waals surface area contributed by atoms with Crippen LogP contribution in [-0.4, -0.2) is 11.2 Å². The molecule has 0 aromatic carbocycles. The first kappa shape index (κ1) is 12.4. The first-order chi connectivity index (χ1) is 8.25. The average molecular weight is 252 g/mol. The number of nitrogens with one attached hydrogen (secondary N) is 2. The Labute approximate surface area is 108 Å². The molecule has 1 aliphatic carbocycles. The molecule has 1 fully saturated rings. The minimum atomic E-state index is 0.119. The molecule has 0 aliphatic heterocycles. The van der Waals surface area contributed by atoms with E-state index in [4.69, 9.17) is 16.6 Å². The highest BCUT2D eigenvalue weighted by Gasteiger charge is 2.15. The van der Waals surface area contributed by atoms with Crippen molar-refractivity contribution in [3.8, 4) is 0 Å². The van der Waals surface area contributed by atoms with Crippen LogP contribution in [-0.2, 0) is 0 Å². The van der Waals surface area contributed by atoms with Gasteiger partial charge in [0, 0.05) is 6.04 Å². The van der Waals surface area contributed by atoms with Gasteiger partial charge in [-0.05, 0) is 44.1 Å². The van der Waals surface area contributed by atoms with Gasteiger partial charge in [-0.15, -0.1) is 0 Å². The van der Waals surface area contributed by atoms with Crippen molar-refractivity contribution < 1.29 is 4.42 Å². The maximum Gasteiger partial charge on any atom is 0.167 e. The molecule has 1 heterocycles.